The largest absolute Gasteiger partial charge is 0.456 e. The lowest BCUT2D eigenvalue weighted by molar-refractivity contribution is 0.660. The Bertz CT molecular complexity index is 4040. The van der Waals surface area contributed by atoms with E-state index in [4.69, 9.17) is 28.2 Å². The Morgan fingerprint density at radius 3 is 1.30 bits per heavy atom. The van der Waals surface area contributed by atoms with E-state index in [0.717, 1.165) is 93.6 Å². The molecule has 0 aliphatic heterocycles. The van der Waals surface area contributed by atoms with E-state index in [1.807, 2.05) is 72.8 Å². The van der Waals surface area contributed by atoms with Crippen molar-refractivity contribution in [2.75, 3.05) is 0 Å². The molecule has 13 aromatic rings. The zero-order chi connectivity index (χ0) is 43.7. The maximum atomic E-state index is 6.61. The van der Waals surface area contributed by atoms with Gasteiger partial charge in [0.25, 0.3) is 0 Å². The number of fused-ring (bicyclic) bond motifs is 12. The van der Waals surface area contributed by atoms with Gasteiger partial charge in [0.1, 0.15) is 33.5 Å². The van der Waals surface area contributed by atoms with Gasteiger partial charge >= 0.3 is 0 Å². The molecule has 0 unspecified atom stereocenters. The van der Waals surface area contributed by atoms with Gasteiger partial charge in [-0.05, 0) is 99.1 Å². The second-order valence-electron chi connectivity index (χ2n) is 17.9. The molecule has 310 valence electrons. The summed E-state index contributed by atoms with van der Waals surface area (Å²) in [7, 11) is 0. The molecule has 1 aliphatic rings. The van der Waals surface area contributed by atoms with E-state index in [0.29, 0.717) is 17.5 Å². The molecule has 4 aromatic heterocycles. The normalized spacial score (nSPS) is 13.1. The summed E-state index contributed by atoms with van der Waals surface area (Å²) in [6.45, 7) is 4.66. The molecule has 0 saturated heterocycles. The number of hydrogen-bond acceptors (Lipinski definition) is 6. The van der Waals surface area contributed by atoms with E-state index in [1.54, 1.807) is 0 Å². The summed E-state index contributed by atoms with van der Waals surface area (Å²) in [6.07, 6.45) is 0. The molecular weight excluding hydrogens is 811 g/mol. The number of rotatable bonds is 5. The topological polar surface area (TPSA) is 78.1 Å². The summed E-state index contributed by atoms with van der Waals surface area (Å²) in [6, 6.07) is 65.5. The first kappa shape index (κ1) is 36.8. The van der Waals surface area contributed by atoms with Gasteiger partial charge in [-0.3, -0.25) is 0 Å². The molecule has 14 rings (SSSR count). The third-order valence-corrected chi connectivity index (χ3v) is 13.8. The molecule has 0 bridgehead atoms. The van der Waals surface area contributed by atoms with Crippen molar-refractivity contribution < 1.29 is 13.3 Å². The Labute approximate surface area is 378 Å². The van der Waals surface area contributed by atoms with Gasteiger partial charge in [0, 0.05) is 54.4 Å². The first-order chi connectivity index (χ1) is 32.4. The monoisotopic (exact) mass is 847 g/mol. The molecule has 66 heavy (non-hydrogen) atoms. The van der Waals surface area contributed by atoms with E-state index in [9.17, 15) is 0 Å². The molecule has 0 amide bonds. The van der Waals surface area contributed by atoms with Gasteiger partial charge in [-0.25, -0.2) is 15.0 Å². The van der Waals surface area contributed by atoms with E-state index in [-0.39, 0.29) is 5.41 Å². The van der Waals surface area contributed by atoms with Crippen LogP contribution in [0.2, 0.25) is 0 Å². The van der Waals surface area contributed by atoms with E-state index < -0.39 is 0 Å². The highest BCUT2D eigenvalue weighted by molar-refractivity contribution is 6.15. The number of hydrogen-bond donors (Lipinski definition) is 0. The fraction of sp³-hybridized carbons (Fsp3) is 0.0500. The molecule has 0 atom stereocenters. The zero-order valence-corrected chi connectivity index (χ0v) is 36.0. The maximum Gasteiger partial charge on any atom is 0.164 e. The zero-order valence-electron chi connectivity index (χ0n) is 36.0. The highest BCUT2D eigenvalue weighted by Gasteiger charge is 2.35. The Morgan fingerprint density at radius 2 is 0.712 bits per heavy atom. The van der Waals surface area contributed by atoms with E-state index in [2.05, 4.69) is 129 Å². The van der Waals surface area contributed by atoms with Crippen molar-refractivity contribution in [3.05, 3.63) is 199 Å². The fourth-order valence-electron chi connectivity index (χ4n) is 10.6. The van der Waals surface area contributed by atoms with Gasteiger partial charge in [-0.2, -0.15) is 0 Å². The highest BCUT2D eigenvalue weighted by Crippen LogP contribution is 2.50. The van der Waals surface area contributed by atoms with Crippen LogP contribution in [0.3, 0.4) is 0 Å². The van der Waals surface area contributed by atoms with E-state index >= 15 is 0 Å². The van der Waals surface area contributed by atoms with Crippen molar-refractivity contribution in [3.63, 3.8) is 0 Å². The van der Waals surface area contributed by atoms with Crippen molar-refractivity contribution in [3.8, 4) is 67.5 Å². The van der Waals surface area contributed by atoms with Gasteiger partial charge < -0.3 is 13.3 Å². The molecule has 9 aromatic carbocycles. The van der Waals surface area contributed by atoms with Gasteiger partial charge in [-0.1, -0.05) is 147 Å². The second-order valence-corrected chi connectivity index (χ2v) is 17.9. The molecule has 0 fully saturated rings. The smallest absolute Gasteiger partial charge is 0.164 e. The molecule has 0 spiro atoms. The molecule has 0 saturated carbocycles. The van der Waals surface area contributed by atoms with Gasteiger partial charge in [0.05, 0.1) is 0 Å². The van der Waals surface area contributed by atoms with Crippen molar-refractivity contribution >= 4 is 65.8 Å². The Kier molecular flexibility index (Phi) is 7.64. The molecule has 1 aliphatic carbocycles. The van der Waals surface area contributed by atoms with Crippen LogP contribution in [0.4, 0.5) is 0 Å². The van der Waals surface area contributed by atoms with Crippen LogP contribution in [0.25, 0.3) is 133 Å². The minimum Gasteiger partial charge on any atom is -0.456 e. The summed E-state index contributed by atoms with van der Waals surface area (Å²) in [5.74, 6) is 1.61. The van der Waals surface area contributed by atoms with Crippen LogP contribution in [0.5, 0.6) is 0 Å². The lowest BCUT2D eigenvalue weighted by atomic mass is 9.81. The molecule has 0 N–H and O–H groups in total. The van der Waals surface area contributed by atoms with Crippen LogP contribution in [-0.2, 0) is 5.41 Å². The third-order valence-electron chi connectivity index (χ3n) is 13.8. The second kappa shape index (κ2) is 13.7. The van der Waals surface area contributed by atoms with Gasteiger partial charge in [0.15, 0.2) is 17.5 Å². The fourth-order valence-corrected chi connectivity index (χ4v) is 10.6. The molecule has 0 radical (unpaired) electrons. The molecule has 6 nitrogen and oxygen atoms in total. The average molecular weight is 848 g/mol. The maximum absolute atomic E-state index is 6.61. The number of nitrogens with zero attached hydrogens (tertiary/aromatic N) is 3. The first-order valence-corrected chi connectivity index (χ1v) is 22.3. The lowest BCUT2D eigenvalue weighted by Crippen LogP contribution is -2.14. The van der Waals surface area contributed by atoms with Crippen molar-refractivity contribution in [1.82, 2.24) is 15.0 Å². The summed E-state index contributed by atoms with van der Waals surface area (Å²) in [5, 5.41) is 5.83. The Morgan fingerprint density at radius 1 is 0.303 bits per heavy atom. The van der Waals surface area contributed by atoms with Crippen LogP contribution >= 0.6 is 0 Å². The highest BCUT2D eigenvalue weighted by atomic mass is 16.3. The summed E-state index contributed by atoms with van der Waals surface area (Å²) in [5.41, 5.74) is 17.1. The van der Waals surface area contributed by atoms with Crippen LogP contribution < -0.4 is 0 Å². The van der Waals surface area contributed by atoms with Crippen LogP contribution in [-0.4, -0.2) is 15.0 Å². The predicted molar refractivity (Wildman–Crippen MR) is 266 cm³/mol. The minimum atomic E-state index is -0.0768. The van der Waals surface area contributed by atoms with Crippen LogP contribution in [0.1, 0.15) is 25.0 Å². The van der Waals surface area contributed by atoms with Gasteiger partial charge in [-0.15, -0.1) is 0 Å². The summed E-state index contributed by atoms with van der Waals surface area (Å²) < 4.78 is 19.3. The van der Waals surface area contributed by atoms with Gasteiger partial charge in [0.2, 0.25) is 0 Å². The molecule has 4 heterocycles. The first-order valence-electron chi connectivity index (χ1n) is 22.3. The Balaban J connectivity index is 0.951. The van der Waals surface area contributed by atoms with Crippen molar-refractivity contribution in [2.45, 2.75) is 19.3 Å². The summed E-state index contributed by atoms with van der Waals surface area (Å²) >= 11 is 0. The third kappa shape index (κ3) is 5.39. The predicted octanol–water partition coefficient (Wildman–Crippen LogP) is 16.2. The number of para-hydroxylation sites is 2. The quantitative estimate of drug-likeness (QED) is 0.172. The SMILES string of the molecule is CC1(C)c2ccccc2-c2ccc(-c3cccc(-c4ccc5oc6cccc(-c7nc(-c8cccc9oc%10ccccc%10c89)nc(-c8cccc9oc%10ccccc%10c89)n7)c6c5c4)c3)cc21. The number of benzene rings is 9. The average Bonchev–Trinajstić information content (AvgIpc) is 4.11. The van der Waals surface area contributed by atoms with Crippen LogP contribution in [0.15, 0.2) is 201 Å². The standard InChI is InChI=1S/C60H37N3O3/c1-60(2)46-21-6-3-15-38(46)39-29-27-37(33-47(39)60)35-14-9-13-34(31-35)36-28-30-50-45(32-36)56-44(20-12-26-53(56)66-50)59-62-57(42-18-10-24-51-54(42)40-16-4-7-22-48(40)64-51)61-58(63-59)43-19-11-25-52-55(43)41-17-5-8-23-49(41)65-52/h3-33H,1-2H3. The minimum absolute atomic E-state index is 0.0768. The number of furan rings is 3. The molecular formula is C60H37N3O3. The van der Waals surface area contributed by atoms with Crippen molar-refractivity contribution in [2.24, 2.45) is 0 Å². The lowest BCUT2D eigenvalue weighted by Gasteiger charge is -2.22. The number of aromatic nitrogens is 3. The molecule has 6 heteroatoms. The van der Waals surface area contributed by atoms with E-state index in [1.165, 1.54) is 33.4 Å². The summed E-state index contributed by atoms with van der Waals surface area (Å²) in [4.78, 5) is 16.0. The van der Waals surface area contributed by atoms with Crippen molar-refractivity contribution in [1.29, 1.82) is 0 Å². The van der Waals surface area contributed by atoms with Crippen LogP contribution in [0, 0.1) is 0 Å². The Hall–Kier alpha value is -8.61.